The fraction of sp³-hybridized carbons (Fsp3) is 0.571. The Morgan fingerprint density at radius 3 is 2.44 bits per heavy atom. The quantitative estimate of drug-likeness (QED) is 0.858. The van der Waals surface area contributed by atoms with Crippen molar-refractivity contribution in [1.29, 1.82) is 0 Å². The van der Waals surface area contributed by atoms with Crippen molar-refractivity contribution in [3.8, 4) is 0 Å². The average molecular weight is 249 g/mol. The van der Waals surface area contributed by atoms with E-state index in [1.165, 1.54) is 0 Å². The average Bonchev–Trinajstić information content (AvgIpc) is 2.27. The number of aromatic nitrogens is 1. The Bertz CT molecular complexity index is 384. The van der Waals surface area contributed by atoms with Crippen molar-refractivity contribution in [1.82, 2.24) is 15.6 Å². The van der Waals surface area contributed by atoms with Crippen LogP contribution in [0.25, 0.3) is 0 Å². The van der Waals surface area contributed by atoms with E-state index in [4.69, 9.17) is 0 Å². The number of hydrogen-bond donors (Lipinski definition) is 2. The highest BCUT2D eigenvalue weighted by molar-refractivity contribution is 5.81. The van der Waals surface area contributed by atoms with Gasteiger partial charge in [0, 0.05) is 17.8 Å². The summed E-state index contributed by atoms with van der Waals surface area (Å²) in [4.78, 5) is 16.2. The molecular formula is C14H23N3O. The number of pyridine rings is 1. The molecule has 2 unspecified atom stereocenters. The van der Waals surface area contributed by atoms with Crippen LogP contribution in [0, 0.1) is 0 Å². The second kappa shape index (κ2) is 5.96. The summed E-state index contributed by atoms with van der Waals surface area (Å²) < 4.78 is 0. The van der Waals surface area contributed by atoms with Gasteiger partial charge in [-0.3, -0.25) is 15.1 Å². The number of carbonyl (C=O) groups is 1. The number of hydrogen-bond acceptors (Lipinski definition) is 3. The van der Waals surface area contributed by atoms with Gasteiger partial charge in [0.15, 0.2) is 0 Å². The molecule has 0 aliphatic heterocycles. The van der Waals surface area contributed by atoms with E-state index in [-0.39, 0.29) is 23.5 Å². The summed E-state index contributed by atoms with van der Waals surface area (Å²) in [6.07, 6.45) is 1.76. The standard InChI is InChI=1S/C14H23N3O/c1-10(12-8-6-7-9-15-12)16-11(2)13(18)17-14(3,4)5/h6-11,16H,1-5H3,(H,17,18). The third-order valence-electron chi connectivity index (χ3n) is 2.52. The predicted octanol–water partition coefficient (Wildman–Crippen LogP) is 2.04. The van der Waals surface area contributed by atoms with Gasteiger partial charge in [-0.2, -0.15) is 0 Å². The van der Waals surface area contributed by atoms with E-state index < -0.39 is 0 Å². The van der Waals surface area contributed by atoms with E-state index in [0.29, 0.717) is 0 Å². The van der Waals surface area contributed by atoms with Crippen LogP contribution in [-0.4, -0.2) is 22.5 Å². The molecule has 1 aromatic heterocycles. The molecule has 0 fully saturated rings. The van der Waals surface area contributed by atoms with E-state index in [1.54, 1.807) is 6.20 Å². The summed E-state index contributed by atoms with van der Waals surface area (Å²) in [5, 5.41) is 6.20. The molecule has 0 saturated carbocycles. The lowest BCUT2D eigenvalue weighted by Crippen LogP contribution is -2.50. The number of carbonyl (C=O) groups excluding carboxylic acids is 1. The van der Waals surface area contributed by atoms with Crippen molar-refractivity contribution in [2.75, 3.05) is 0 Å². The zero-order valence-corrected chi connectivity index (χ0v) is 11.8. The van der Waals surface area contributed by atoms with E-state index in [9.17, 15) is 4.79 Å². The molecule has 1 aromatic rings. The van der Waals surface area contributed by atoms with Crippen LogP contribution >= 0.6 is 0 Å². The van der Waals surface area contributed by atoms with Crippen LogP contribution in [0.1, 0.15) is 46.4 Å². The van der Waals surface area contributed by atoms with Crippen LogP contribution in [-0.2, 0) is 4.79 Å². The van der Waals surface area contributed by atoms with Crippen LogP contribution < -0.4 is 10.6 Å². The van der Waals surface area contributed by atoms with E-state index in [0.717, 1.165) is 5.69 Å². The smallest absolute Gasteiger partial charge is 0.237 e. The molecule has 2 atom stereocenters. The monoisotopic (exact) mass is 249 g/mol. The Balaban J connectivity index is 2.55. The first-order valence-corrected chi connectivity index (χ1v) is 6.28. The highest BCUT2D eigenvalue weighted by Crippen LogP contribution is 2.09. The molecule has 1 heterocycles. The van der Waals surface area contributed by atoms with Gasteiger partial charge in [0.05, 0.1) is 11.7 Å². The van der Waals surface area contributed by atoms with E-state index in [1.807, 2.05) is 52.8 Å². The highest BCUT2D eigenvalue weighted by atomic mass is 16.2. The number of nitrogens with zero attached hydrogens (tertiary/aromatic N) is 1. The molecule has 0 saturated heterocycles. The molecule has 0 spiro atoms. The van der Waals surface area contributed by atoms with Gasteiger partial charge in [-0.15, -0.1) is 0 Å². The molecule has 0 aromatic carbocycles. The Hall–Kier alpha value is -1.42. The molecule has 18 heavy (non-hydrogen) atoms. The van der Waals surface area contributed by atoms with Gasteiger partial charge in [-0.1, -0.05) is 6.07 Å². The lowest BCUT2D eigenvalue weighted by Gasteiger charge is -2.25. The fourth-order valence-electron chi connectivity index (χ4n) is 1.65. The third-order valence-corrected chi connectivity index (χ3v) is 2.52. The third kappa shape index (κ3) is 4.84. The van der Waals surface area contributed by atoms with Crippen molar-refractivity contribution in [2.24, 2.45) is 0 Å². The van der Waals surface area contributed by atoms with Gasteiger partial charge in [-0.05, 0) is 46.8 Å². The molecule has 0 bridgehead atoms. The lowest BCUT2D eigenvalue weighted by atomic mass is 10.1. The van der Waals surface area contributed by atoms with Crippen LogP contribution in [0.15, 0.2) is 24.4 Å². The summed E-state index contributed by atoms with van der Waals surface area (Å²) in [6, 6.07) is 5.58. The minimum atomic E-state index is -0.249. The normalized spacial score (nSPS) is 14.9. The first-order chi connectivity index (χ1) is 8.29. The van der Waals surface area contributed by atoms with Crippen LogP contribution in [0.4, 0.5) is 0 Å². The molecule has 4 heteroatoms. The Labute approximate surface area is 109 Å². The van der Waals surface area contributed by atoms with Gasteiger partial charge >= 0.3 is 0 Å². The van der Waals surface area contributed by atoms with Gasteiger partial charge in [-0.25, -0.2) is 0 Å². The summed E-state index contributed by atoms with van der Waals surface area (Å²) in [6.45, 7) is 9.78. The zero-order chi connectivity index (χ0) is 13.8. The van der Waals surface area contributed by atoms with E-state index in [2.05, 4.69) is 15.6 Å². The van der Waals surface area contributed by atoms with Crippen molar-refractivity contribution >= 4 is 5.91 Å². The summed E-state index contributed by atoms with van der Waals surface area (Å²) in [5.74, 6) is 0.00489. The van der Waals surface area contributed by atoms with Crippen molar-refractivity contribution in [2.45, 2.75) is 52.2 Å². The Kier molecular flexibility index (Phi) is 4.84. The van der Waals surface area contributed by atoms with Gasteiger partial charge in [0.1, 0.15) is 0 Å². The fourth-order valence-corrected chi connectivity index (χ4v) is 1.65. The largest absolute Gasteiger partial charge is 0.350 e. The molecule has 1 rings (SSSR count). The minimum Gasteiger partial charge on any atom is -0.350 e. The Morgan fingerprint density at radius 1 is 1.28 bits per heavy atom. The molecule has 0 aliphatic carbocycles. The Morgan fingerprint density at radius 2 is 1.94 bits per heavy atom. The second-order valence-electron chi connectivity index (χ2n) is 5.60. The molecule has 1 amide bonds. The number of nitrogens with one attached hydrogen (secondary N) is 2. The lowest BCUT2D eigenvalue weighted by molar-refractivity contribution is -0.124. The number of rotatable bonds is 4. The van der Waals surface area contributed by atoms with Crippen molar-refractivity contribution in [3.63, 3.8) is 0 Å². The first-order valence-electron chi connectivity index (χ1n) is 6.28. The maximum absolute atomic E-state index is 11.9. The van der Waals surface area contributed by atoms with Crippen molar-refractivity contribution < 1.29 is 4.79 Å². The summed E-state index contributed by atoms with van der Waals surface area (Å²) >= 11 is 0. The second-order valence-corrected chi connectivity index (χ2v) is 5.60. The first kappa shape index (κ1) is 14.6. The maximum Gasteiger partial charge on any atom is 0.237 e. The van der Waals surface area contributed by atoms with Crippen molar-refractivity contribution in [3.05, 3.63) is 30.1 Å². The summed E-state index contributed by atoms with van der Waals surface area (Å²) in [5.41, 5.74) is 0.731. The van der Waals surface area contributed by atoms with Gasteiger partial charge < -0.3 is 5.32 Å². The summed E-state index contributed by atoms with van der Waals surface area (Å²) in [7, 11) is 0. The predicted molar refractivity (Wildman–Crippen MR) is 73.1 cm³/mol. The SMILES string of the molecule is CC(NC(C)c1ccccn1)C(=O)NC(C)(C)C. The molecular weight excluding hydrogens is 226 g/mol. The molecule has 100 valence electrons. The topological polar surface area (TPSA) is 54.0 Å². The zero-order valence-electron chi connectivity index (χ0n) is 11.8. The van der Waals surface area contributed by atoms with Crippen LogP contribution in [0.2, 0.25) is 0 Å². The molecule has 2 N–H and O–H groups in total. The minimum absolute atomic E-state index is 0.00489. The highest BCUT2D eigenvalue weighted by Gasteiger charge is 2.20. The van der Waals surface area contributed by atoms with Crippen LogP contribution in [0.5, 0.6) is 0 Å². The van der Waals surface area contributed by atoms with E-state index >= 15 is 0 Å². The van der Waals surface area contributed by atoms with Gasteiger partial charge in [0.25, 0.3) is 0 Å². The maximum atomic E-state index is 11.9. The molecule has 0 aliphatic rings. The van der Waals surface area contributed by atoms with Crippen LogP contribution in [0.3, 0.4) is 0 Å². The number of amides is 1. The molecule has 4 nitrogen and oxygen atoms in total. The molecule has 0 radical (unpaired) electrons. The van der Waals surface area contributed by atoms with Gasteiger partial charge in [0.2, 0.25) is 5.91 Å².